The number of aromatic nitrogens is 1. The van der Waals surface area contributed by atoms with Gasteiger partial charge in [-0.3, -0.25) is 9.59 Å². The molecule has 1 aromatic carbocycles. The number of hydrogen-bond donors (Lipinski definition) is 1. The number of fused-ring (bicyclic) bond motifs is 1. The number of ketones is 1. The molecule has 0 radical (unpaired) electrons. The maximum absolute atomic E-state index is 12.5. The molecule has 0 saturated heterocycles. The highest BCUT2D eigenvalue weighted by Gasteiger charge is 2.35. The van der Waals surface area contributed by atoms with Crippen molar-refractivity contribution in [3.63, 3.8) is 0 Å². The van der Waals surface area contributed by atoms with Crippen LogP contribution in [0.5, 0.6) is 0 Å². The van der Waals surface area contributed by atoms with Crippen LogP contribution < -0.4 is 5.32 Å². The van der Waals surface area contributed by atoms with Crippen molar-refractivity contribution in [1.82, 2.24) is 10.5 Å². The molecule has 1 aromatic heterocycles. The van der Waals surface area contributed by atoms with Gasteiger partial charge in [-0.1, -0.05) is 38.1 Å². The second-order valence-electron chi connectivity index (χ2n) is 7.50. The minimum Gasteiger partial charge on any atom is -0.360 e. The number of carbonyl (C=O) groups is 2. The second-order valence-corrected chi connectivity index (χ2v) is 7.50. The van der Waals surface area contributed by atoms with Crippen LogP contribution in [0.1, 0.15) is 71.3 Å². The molecule has 0 fully saturated rings. The molecule has 1 heterocycles. The molecule has 0 atom stereocenters. The molecule has 0 aliphatic heterocycles. The summed E-state index contributed by atoms with van der Waals surface area (Å²) in [5, 5.41) is 6.97. The summed E-state index contributed by atoms with van der Waals surface area (Å²) < 4.78 is 5.47. The van der Waals surface area contributed by atoms with E-state index in [2.05, 4.69) is 24.3 Å². The van der Waals surface area contributed by atoms with Crippen molar-refractivity contribution in [1.29, 1.82) is 0 Å². The van der Waals surface area contributed by atoms with Crippen LogP contribution in [0.4, 0.5) is 0 Å². The fraction of sp³-hybridized carbons (Fsp3) is 0.450. The van der Waals surface area contributed by atoms with Gasteiger partial charge in [-0.25, -0.2) is 0 Å². The minimum absolute atomic E-state index is 0.0638. The number of nitrogens with one attached hydrogen (secondary N) is 1. The van der Waals surface area contributed by atoms with E-state index in [1.165, 1.54) is 0 Å². The summed E-state index contributed by atoms with van der Waals surface area (Å²) in [6.45, 7) is 6.84. The molecule has 1 amide bonds. The number of benzene rings is 1. The molecule has 5 nitrogen and oxygen atoms in total. The molecule has 3 rings (SSSR count). The third kappa shape index (κ3) is 3.81. The predicted molar refractivity (Wildman–Crippen MR) is 94.8 cm³/mol. The highest BCUT2D eigenvalue weighted by molar-refractivity contribution is 5.99. The lowest BCUT2D eigenvalue weighted by Crippen LogP contribution is -2.27. The van der Waals surface area contributed by atoms with Crippen molar-refractivity contribution in [2.24, 2.45) is 5.41 Å². The van der Waals surface area contributed by atoms with Crippen LogP contribution in [-0.4, -0.2) is 23.4 Å². The zero-order valence-electron chi connectivity index (χ0n) is 15.0. The van der Waals surface area contributed by atoms with Gasteiger partial charge in [-0.2, -0.15) is 0 Å². The number of rotatable bonds is 5. The van der Waals surface area contributed by atoms with Crippen molar-refractivity contribution >= 4 is 11.7 Å². The number of Topliss-reactive ketones (excluding diaryl/α,β-unsaturated/α-hetero) is 1. The van der Waals surface area contributed by atoms with E-state index in [0.29, 0.717) is 36.3 Å². The van der Waals surface area contributed by atoms with Gasteiger partial charge in [-0.05, 0) is 36.0 Å². The molecule has 0 saturated carbocycles. The molecule has 1 N–H and O–H groups in total. The summed E-state index contributed by atoms with van der Waals surface area (Å²) in [4.78, 5) is 24.4. The smallest absolute Gasteiger partial charge is 0.251 e. The lowest BCUT2D eigenvalue weighted by atomic mass is 9.75. The summed E-state index contributed by atoms with van der Waals surface area (Å²) >= 11 is 0. The third-order valence-electron chi connectivity index (χ3n) is 4.51. The van der Waals surface area contributed by atoms with Crippen molar-refractivity contribution in [2.45, 2.75) is 46.5 Å². The molecule has 0 unspecified atom stereocenters. The Morgan fingerprint density at radius 3 is 2.64 bits per heavy atom. The van der Waals surface area contributed by atoms with Gasteiger partial charge in [0.05, 0.1) is 11.3 Å². The highest BCUT2D eigenvalue weighted by Crippen LogP contribution is 2.36. The van der Waals surface area contributed by atoms with Gasteiger partial charge in [0.1, 0.15) is 0 Å². The summed E-state index contributed by atoms with van der Waals surface area (Å²) in [5.74, 6) is 0.666. The molecule has 2 aromatic rings. The molecule has 0 bridgehead atoms. The van der Waals surface area contributed by atoms with Gasteiger partial charge in [0, 0.05) is 24.9 Å². The van der Waals surface area contributed by atoms with E-state index >= 15 is 0 Å². The SMILES string of the molecule is CCCNC(=O)c1ccc(Cc2onc3c2C(=O)CC(C)(C)C3)cc1. The first-order valence-electron chi connectivity index (χ1n) is 8.77. The van der Waals surface area contributed by atoms with Crippen molar-refractivity contribution in [3.05, 3.63) is 52.4 Å². The largest absolute Gasteiger partial charge is 0.360 e. The van der Waals surface area contributed by atoms with E-state index in [1.54, 1.807) is 12.1 Å². The van der Waals surface area contributed by atoms with Gasteiger partial charge in [0.25, 0.3) is 5.91 Å². The molecule has 0 spiro atoms. The molecule has 132 valence electrons. The first-order valence-corrected chi connectivity index (χ1v) is 8.77. The molecular weight excluding hydrogens is 316 g/mol. The normalized spacial score (nSPS) is 15.7. The number of amides is 1. The first-order chi connectivity index (χ1) is 11.9. The van der Waals surface area contributed by atoms with Crippen LogP contribution in [0.15, 0.2) is 28.8 Å². The van der Waals surface area contributed by atoms with Crippen molar-refractivity contribution in [3.8, 4) is 0 Å². The first kappa shape index (κ1) is 17.4. The van der Waals surface area contributed by atoms with Crippen molar-refractivity contribution in [2.75, 3.05) is 6.54 Å². The summed E-state index contributed by atoms with van der Waals surface area (Å²) in [7, 11) is 0. The lowest BCUT2D eigenvalue weighted by molar-refractivity contribution is 0.0909. The van der Waals surface area contributed by atoms with Crippen LogP contribution in [0, 0.1) is 5.41 Å². The van der Waals surface area contributed by atoms with E-state index in [0.717, 1.165) is 24.1 Å². The highest BCUT2D eigenvalue weighted by atomic mass is 16.5. The van der Waals surface area contributed by atoms with Crippen LogP contribution >= 0.6 is 0 Å². The molecule has 25 heavy (non-hydrogen) atoms. The summed E-state index contributed by atoms with van der Waals surface area (Å²) in [6, 6.07) is 7.39. The second kappa shape index (κ2) is 6.82. The average Bonchev–Trinajstić information content (AvgIpc) is 2.94. The maximum Gasteiger partial charge on any atom is 0.251 e. The summed E-state index contributed by atoms with van der Waals surface area (Å²) in [6.07, 6.45) is 2.69. The number of nitrogens with zero attached hydrogens (tertiary/aromatic N) is 1. The lowest BCUT2D eigenvalue weighted by Gasteiger charge is -2.26. The van der Waals surface area contributed by atoms with Crippen LogP contribution in [-0.2, 0) is 12.8 Å². The van der Waals surface area contributed by atoms with Gasteiger partial charge in [0.15, 0.2) is 11.5 Å². The Hall–Kier alpha value is -2.43. The molecule has 1 aliphatic rings. The van der Waals surface area contributed by atoms with Crippen LogP contribution in [0.3, 0.4) is 0 Å². The fourth-order valence-electron chi connectivity index (χ4n) is 3.26. The zero-order chi connectivity index (χ0) is 18.0. The van der Waals surface area contributed by atoms with Gasteiger partial charge in [-0.15, -0.1) is 0 Å². The standard InChI is InChI=1S/C20H24N2O3/c1-4-9-21-19(24)14-7-5-13(6-8-14)10-17-18-15(22-25-17)11-20(2,3)12-16(18)23/h5-8H,4,9-12H2,1-3H3,(H,21,24). The van der Waals surface area contributed by atoms with E-state index in [9.17, 15) is 9.59 Å². The van der Waals surface area contributed by atoms with E-state index in [4.69, 9.17) is 4.52 Å². The monoisotopic (exact) mass is 340 g/mol. The molecule has 5 heteroatoms. The summed E-state index contributed by atoms with van der Waals surface area (Å²) in [5.41, 5.74) is 2.99. The van der Waals surface area contributed by atoms with Crippen molar-refractivity contribution < 1.29 is 14.1 Å². The van der Waals surface area contributed by atoms with Gasteiger partial charge >= 0.3 is 0 Å². The topological polar surface area (TPSA) is 72.2 Å². The minimum atomic E-state index is -0.0668. The Balaban J connectivity index is 1.75. The number of hydrogen-bond acceptors (Lipinski definition) is 4. The predicted octanol–water partition coefficient (Wildman–Crippen LogP) is 3.56. The number of carbonyl (C=O) groups excluding carboxylic acids is 2. The average molecular weight is 340 g/mol. The van der Waals surface area contributed by atoms with E-state index < -0.39 is 0 Å². The Morgan fingerprint density at radius 2 is 1.96 bits per heavy atom. The zero-order valence-corrected chi connectivity index (χ0v) is 15.0. The third-order valence-corrected chi connectivity index (χ3v) is 4.51. The maximum atomic E-state index is 12.5. The van der Waals surface area contributed by atoms with Crippen LogP contribution in [0.2, 0.25) is 0 Å². The quantitative estimate of drug-likeness (QED) is 0.903. The Kier molecular flexibility index (Phi) is 4.75. The fourth-order valence-corrected chi connectivity index (χ4v) is 3.26. The molecule has 1 aliphatic carbocycles. The van der Waals surface area contributed by atoms with Crippen LogP contribution in [0.25, 0.3) is 0 Å². The van der Waals surface area contributed by atoms with Gasteiger partial charge in [0.2, 0.25) is 0 Å². The van der Waals surface area contributed by atoms with Gasteiger partial charge < -0.3 is 9.84 Å². The Labute approximate surface area is 147 Å². The Bertz CT molecular complexity index is 788. The van der Waals surface area contributed by atoms with E-state index in [-0.39, 0.29) is 17.1 Å². The van der Waals surface area contributed by atoms with E-state index in [1.807, 2.05) is 19.1 Å². The molecular formula is C20H24N2O3. The Morgan fingerprint density at radius 1 is 1.24 bits per heavy atom.